The van der Waals surface area contributed by atoms with Crippen molar-refractivity contribution in [3.63, 3.8) is 0 Å². The minimum absolute atomic E-state index is 0.175. The van der Waals surface area contributed by atoms with Gasteiger partial charge in [0.2, 0.25) is 0 Å². The number of aromatic nitrogens is 3. The summed E-state index contributed by atoms with van der Waals surface area (Å²) in [7, 11) is -3.71. The lowest BCUT2D eigenvalue weighted by molar-refractivity contribution is 0.271. The summed E-state index contributed by atoms with van der Waals surface area (Å²) in [6.07, 6.45) is 1.72. The molecule has 1 saturated heterocycles. The van der Waals surface area contributed by atoms with Gasteiger partial charge in [-0.1, -0.05) is 6.92 Å². The smallest absolute Gasteiger partial charge is 0.266 e. The molecule has 0 saturated carbocycles. The van der Waals surface area contributed by atoms with E-state index in [1.54, 1.807) is 26.1 Å². The van der Waals surface area contributed by atoms with Crippen molar-refractivity contribution in [3.05, 3.63) is 29.7 Å². The molecule has 3 rings (SSSR count). The van der Waals surface area contributed by atoms with Gasteiger partial charge in [-0.25, -0.2) is 13.4 Å². The number of hydrogen-bond acceptors (Lipinski definition) is 6. The molecule has 0 bridgehead atoms. The summed E-state index contributed by atoms with van der Waals surface area (Å²) < 4.78 is 27.6. The zero-order valence-corrected chi connectivity index (χ0v) is 15.6. The third-order valence-electron chi connectivity index (χ3n) is 4.50. The Balaban J connectivity index is 1.71. The number of anilines is 2. The molecule has 1 fully saturated rings. The van der Waals surface area contributed by atoms with E-state index in [9.17, 15) is 8.42 Å². The van der Waals surface area contributed by atoms with E-state index in [2.05, 4.69) is 36.6 Å². The van der Waals surface area contributed by atoms with Crippen LogP contribution in [0.1, 0.15) is 18.3 Å². The first-order valence-corrected chi connectivity index (χ1v) is 9.86. The monoisotopic (exact) mass is 364 g/mol. The fraction of sp³-hybridized carbons (Fsp3) is 0.500. The van der Waals surface area contributed by atoms with E-state index >= 15 is 0 Å². The standard InChI is InChI=1S/C16H24N6O2S/c1-4-21-7-9-22(10-8-21)14-5-6-15(17-11-14)20-25(23,24)16-12(2)18-19-13(16)3/h5-6,11H,4,7-10H2,1-3H3,(H,17,20)(H,18,19). The summed E-state index contributed by atoms with van der Waals surface area (Å²) in [5, 5.41) is 6.63. The largest absolute Gasteiger partial charge is 0.368 e. The number of sulfonamides is 1. The molecule has 0 aromatic carbocycles. The van der Waals surface area contributed by atoms with Gasteiger partial charge in [-0.15, -0.1) is 0 Å². The average molecular weight is 364 g/mol. The molecule has 25 heavy (non-hydrogen) atoms. The number of hydrogen-bond donors (Lipinski definition) is 2. The fourth-order valence-electron chi connectivity index (χ4n) is 3.08. The Morgan fingerprint density at radius 2 is 1.92 bits per heavy atom. The Morgan fingerprint density at radius 3 is 2.44 bits per heavy atom. The molecule has 0 atom stereocenters. The van der Waals surface area contributed by atoms with Gasteiger partial charge in [0.1, 0.15) is 10.7 Å². The van der Waals surface area contributed by atoms with Crippen LogP contribution >= 0.6 is 0 Å². The molecule has 136 valence electrons. The highest BCUT2D eigenvalue weighted by Crippen LogP contribution is 2.22. The fourth-order valence-corrected chi connectivity index (χ4v) is 4.46. The quantitative estimate of drug-likeness (QED) is 0.832. The maximum absolute atomic E-state index is 12.5. The van der Waals surface area contributed by atoms with Gasteiger partial charge in [0.05, 0.1) is 23.3 Å². The molecular weight excluding hydrogens is 340 g/mol. The summed E-state index contributed by atoms with van der Waals surface area (Å²) in [5.74, 6) is 0.302. The number of piperazine rings is 1. The lowest BCUT2D eigenvalue weighted by Gasteiger charge is -2.35. The maximum atomic E-state index is 12.5. The number of pyridine rings is 1. The highest BCUT2D eigenvalue weighted by Gasteiger charge is 2.23. The Bertz CT molecular complexity index is 803. The van der Waals surface area contributed by atoms with Crippen molar-refractivity contribution < 1.29 is 8.42 Å². The van der Waals surface area contributed by atoms with Crippen LogP contribution in [0.2, 0.25) is 0 Å². The molecule has 0 amide bonds. The molecule has 2 N–H and O–H groups in total. The third-order valence-corrected chi connectivity index (χ3v) is 6.12. The molecule has 0 unspecified atom stereocenters. The van der Waals surface area contributed by atoms with Crippen molar-refractivity contribution in [3.8, 4) is 0 Å². The van der Waals surface area contributed by atoms with Gasteiger partial charge in [0, 0.05) is 26.2 Å². The minimum atomic E-state index is -3.71. The van der Waals surface area contributed by atoms with Crippen molar-refractivity contribution in [2.24, 2.45) is 0 Å². The second-order valence-electron chi connectivity index (χ2n) is 6.19. The van der Waals surface area contributed by atoms with Crippen LogP contribution in [-0.4, -0.2) is 61.2 Å². The van der Waals surface area contributed by atoms with Crippen LogP contribution in [0.15, 0.2) is 23.2 Å². The molecule has 1 aliphatic rings. The second kappa shape index (κ2) is 7.01. The van der Waals surface area contributed by atoms with E-state index in [4.69, 9.17) is 0 Å². The van der Waals surface area contributed by atoms with E-state index in [0.29, 0.717) is 17.2 Å². The van der Waals surface area contributed by atoms with Crippen LogP contribution in [0.5, 0.6) is 0 Å². The summed E-state index contributed by atoms with van der Waals surface area (Å²) in [6.45, 7) is 10.5. The van der Waals surface area contributed by atoms with Gasteiger partial charge in [0.25, 0.3) is 10.0 Å². The predicted octanol–water partition coefficient (Wildman–Crippen LogP) is 1.36. The number of nitrogens with one attached hydrogen (secondary N) is 2. The van der Waals surface area contributed by atoms with E-state index in [-0.39, 0.29) is 4.90 Å². The lowest BCUT2D eigenvalue weighted by atomic mass is 10.3. The summed E-state index contributed by atoms with van der Waals surface area (Å²) in [6, 6.07) is 3.60. The molecule has 2 aromatic heterocycles. The van der Waals surface area contributed by atoms with E-state index in [1.165, 1.54) is 0 Å². The first-order chi connectivity index (χ1) is 11.9. The van der Waals surface area contributed by atoms with E-state index < -0.39 is 10.0 Å². The Kier molecular flexibility index (Phi) is 4.96. The lowest BCUT2D eigenvalue weighted by Crippen LogP contribution is -2.46. The molecular formula is C16H24N6O2S. The van der Waals surface area contributed by atoms with E-state index in [0.717, 1.165) is 38.4 Å². The van der Waals surface area contributed by atoms with Gasteiger partial charge < -0.3 is 9.80 Å². The summed E-state index contributed by atoms with van der Waals surface area (Å²) >= 11 is 0. The van der Waals surface area contributed by atoms with Crippen molar-refractivity contribution in [2.45, 2.75) is 25.7 Å². The molecule has 2 aromatic rings. The van der Waals surface area contributed by atoms with Crippen molar-refractivity contribution in [2.75, 3.05) is 42.3 Å². The zero-order chi connectivity index (χ0) is 18.0. The molecule has 9 heteroatoms. The van der Waals surface area contributed by atoms with Gasteiger partial charge >= 0.3 is 0 Å². The predicted molar refractivity (Wildman–Crippen MR) is 97.4 cm³/mol. The molecule has 0 aliphatic carbocycles. The number of H-pyrrole nitrogens is 1. The second-order valence-corrected chi connectivity index (χ2v) is 7.81. The Morgan fingerprint density at radius 1 is 1.20 bits per heavy atom. The zero-order valence-electron chi connectivity index (χ0n) is 14.8. The number of rotatable bonds is 5. The SMILES string of the molecule is CCN1CCN(c2ccc(NS(=O)(=O)c3c(C)n[nH]c3C)nc2)CC1. The van der Waals surface area contributed by atoms with Crippen molar-refractivity contribution >= 4 is 21.5 Å². The van der Waals surface area contributed by atoms with Crippen molar-refractivity contribution in [1.29, 1.82) is 0 Å². The summed E-state index contributed by atoms with van der Waals surface area (Å²) in [4.78, 5) is 9.12. The number of likely N-dealkylation sites (N-methyl/N-ethyl adjacent to an activating group) is 1. The first-order valence-electron chi connectivity index (χ1n) is 8.38. The van der Waals surface area contributed by atoms with Crippen LogP contribution in [0.4, 0.5) is 11.5 Å². The van der Waals surface area contributed by atoms with Crippen LogP contribution in [0, 0.1) is 13.8 Å². The first kappa shape index (κ1) is 17.7. The highest BCUT2D eigenvalue weighted by atomic mass is 32.2. The van der Waals surface area contributed by atoms with Crippen LogP contribution in [-0.2, 0) is 10.0 Å². The molecule has 0 radical (unpaired) electrons. The van der Waals surface area contributed by atoms with Crippen LogP contribution in [0.25, 0.3) is 0 Å². The van der Waals surface area contributed by atoms with Crippen molar-refractivity contribution in [1.82, 2.24) is 20.1 Å². The van der Waals surface area contributed by atoms with Gasteiger partial charge in [0.15, 0.2) is 0 Å². The Labute approximate surface area is 148 Å². The topological polar surface area (TPSA) is 94.2 Å². The minimum Gasteiger partial charge on any atom is -0.368 e. The van der Waals surface area contributed by atoms with Gasteiger partial charge in [-0.05, 0) is 32.5 Å². The van der Waals surface area contributed by atoms with E-state index in [1.807, 2.05) is 6.07 Å². The summed E-state index contributed by atoms with van der Waals surface area (Å²) in [5.41, 5.74) is 1.96. The van der Waals surface area contributed by atoms with Gasteiger partial charge in [-0.2, -0.15) is 5.10 Å². The molecule has 0 spiro atoms. The molecule has 8 nitrogen and oxygen atoms in total. The molecule has 3 heterocycles. The van der Waals surface area contributed by atoms with Crippen LogP contribution in [0.3, 0.4) is 0 Å². The average Bonchev–Trinajstić information content (AvgIpc) is 2.95. The third kappa shape index (κ3) is 3.77. The highest BCUT2D eigenvalue weighted by molar-refractivity contribution is 7.92. The Hall–Kier alpha value is -2.13. The number of nitrogens with zero attached hydrogens (tertiary/aromatic N) is 4. The van der Waals surface area contributed by atoms with Crippen LogP contribution < -0.4 is 9.62 Å². The molecule has 1 aliphatic heterocycles. The normalized spacial score (nSPS) is 16.2. The number of aromatic amines is 1. The number of aryl methyl sites for hydroxylation is 2. The van der Waals surface area contributed by atoms with Gasteiger partial charge in [-0.3, -0.25) is 9.82 Å². The maximum Gasteiger partial charge on any atom is 0.266 e.